The molecule has 1 aliphatic heterocycles. The molecule has 1 heterocycles. The molecule has 1 N–H and O–H groups in total. The fourth-order valence-corrected chi connectivity index (χ4v) is 1.85. The average molecular weight is 272 g/mol. The van der Waals surface area contributed by atoms with Gasteiger partial charge in [0.25, 0.3) is 0 Å². The summed E-state index contributed by atoms with van der Waals surface area (Å²) in [5.74, 6) is 0. The predicted octanol–water partition coefficient (Wildman–Crippen LogP) is 3.82. The summed E-state index contributed by atoms with van der Waals surface area (Å²) in [6, 6.07) is 4.06. The third-order valence-corrected chi connectivity index (χ3v) is 2.84. The van der Waals surface area contributed by atoms with Crippen LogP contribution >= 0.6 is 24.0 Å². The van der Waals surface area contributed by atoms with E-state index >= 15 is 0 Å². The zero-order valence-electron chi connectivity index (χ0n) is 8.14. The summed E-state index contributed by atoms with van der Waals surface area (Å²) in [7, 11) is 0. The summed E-state index contributed by atoms with van der Waals surface area (Å²) >= 11 is 5.59. The lowest BCUT2D eigenvalue weighted by Gasteiger charge is -2.28. The molecular formula is C10H10Cl2F3N. The van der Waals surface area contributed by atoms with E-state index < -0.39 is 11.7 Å². The number of nitrogens with one attached hydrogen (secondary N) is 1. The molecule has 1 atom stereocenters. The predicted molar refractivity (Wildman–Crippen MR) is 59.1 cm³/mol. The normalized spacial score (nSPS) is 19.9. The molecule has 2 rings (SSSR count). The Morgan fingerprint density at radius 1 is 1.31 bits per heavy atom. The quantitative estimate of drug-likeness (QED) is 0.819. The van der Waals surface area contributed by atoms with Crippen LogP contribution in [0.4, 0.5) is 13.2 Å². The molecule has 1 aromatic rings. The zero-order chi connectivity index (χ0) is 11.1. The number of hydrogen-bond donors (Lipinski definition) is 1. The topological polar surface area (TPSA) is 12.0 Å². The Morgan fingerprint density at radius 2 is 1.94 bits per heavy atom. The minimum atomic E-state index is -4.37. The maximum atomic E-state index is 12.4. The average Bonchev–Trinajstić information content (AvgIpc) is 1.97. The molecule has 0 amide bonds. The minimum Gasteiger partial charge on any atom is -0.310 e. The third-order valence-electron chi connectivity index (χ3n) is 2.52. The zero-order valence-corrected chi connectivity index (χ0v) is 9.72. The van der Waals surface area contributed by atoms with Crippen molar-refractivity contribution in [1.29, 1.82) is 0 Å². The number of rotatable bonds is 1. The molecule has 1 aliphatic rings. The van der Waals surface area contributed by atoms with Crippen LogP contribution < -0.4 is 5.32 Å². The summed E-state index contributed by atoms with van der Waals surface area (Å²) in [4.78, 5) is 0. The molecule has 0 aliphatic carbocycles. The standard InChI is InChI=1S/C10H9ClF3N.ClH/c11-8-5-6(9-3-4-15-9)1-2-7(8)10(12,13)14;/h1-2,5,9,15H,3-4H2;1H/t9-;/m1./s1. The molecule has 16 heavy (non-hydrogen) atoms. The molecule has 0 radical (unpaired) electrons. The highest BCUT2D eigenvalue weighted by Crippen LogP contribution is 2.36. The molecule has 0 aromatic heterocycles. The lowest BCUT2D eigenvalue weighted by atomic mass is 9.97. The molecule has 0 bridgehead atoms. The van der Waals surface area contributed by atoms with Gasteiger partial charge < -0.3 is 5.32 Å². The van der Waals surface area contributed by atoms with Gasteiger partial charge in [-0.15, -0.1) is 12.4 Å². The second kappa shape index (κ2) is 4.82. The Balaban J connectivity index is 0.00000128. The van der Waals surface area contributed by atoms with Gasteiger partial charge in [0.15, 0.2) is 0 Å². The number of halogens is 5. The second-order valence-corrected chi connectivity index (χ2v) is 3.94. The largest absolute Gasteiger partial charge is 0.417 e. The van der Waals surface area contributed by atoms with Crippen LogP contribution in [0.2, 0.25) is 5.02 Å². The van der Waals surface area contributed by atoms with Crippen LogP contribution in [0, 0.1) is 0 Å². The van der Waals surface area contributed by atoms with Crippen molar-refractivity contribution in [1.82, 2.24) is 5.32 Å². The summed E-state index contributed by atoms with van der Waals surface area (Å²) in [5.41, 5.74) is 0.0477. The van der Waals surface area contributed by atoms with E-state index in [0.29, 0.717) is 0 Å². The number of alkyl halides is 3. The molecule has 1 nitrogen and oxygen atoms in total. The van der Waals surface area contributed by atoms with Crippen LogP contribution in [0.15, 0.2) is 18.2 Å². The maximum Gasteiger partial charge on any atom is 0.417 e. The van der Waals surface area contributed by atoms with Crippen molar-refractivity contribution in [3.8, 4) is 0 Å². The molecule has 90 valence electrons. The van der Waals surface area contributed by atoms with Gasteiger partial charge in [-0.1, -0.05) is 17.7 Å². The van der Waals surface area contributed by atoms with Gasteiger partial charge in [0.05, 0.1) is 10.6 Å². The Hall–Kier alpha value is -0.450. The molecule has 1 saturated heterocycles. The van der Waals surface area contributed by atoms with Gasteiger partial charge in [0, 0.05) is 6.04 Å². The lowest BCUT2D eigenvalue weighted by Crippen LogP contribution is -2.34. The Labute approximate surface area is 102 Å². The lowest BCUT2D eigenvalue weighted by molar-refractivity contribution is -0.137. The SMILES string of the molecule is Cl.FC(F)(F)c1ccc([C@H]2CCN2)cc1Cl. The fourth-order valence-electron chi connectivity index (χ4n) is 1.55. The Bertz CT molecular complexity index is 375. The highest BCUT2D eigenvalue weighted by atomic mass is 35.5. The molecule has 6 heteroatoms. The van der Waals surface area contributed by atoms with Gasteiger partial charge in [-0.2, -0.15) is 13.2 Å². The van der Waals surface area contributed by atoms with Crippen molar-refractivity contribution >= 4 is 24.0 Å². The van der Waals surface area contributed by atoms with Crippen molar-refractivity contribution in [2.75, 3.05) is 6.54 Å². The summed E-state index contributed by atoms with van der Waals surface area (Å²) < 4.78 is 37.1. The number of hydrogen-bond acceptors (Lipinski definition) is 1. The van der Waals surface area contributed by atoms with Gasteiger partial charge in [0.2, 0.25) is 0 Å². The van der Waals surface area contributed by atoms with Crippen LogP contribution in [0.3, 0.4) is 0 Å². The van der Waals surface area contributed by atoms with Crippen molar-refractivity contribution in [2.24, 2.45) is 0 Å². The highest BCUT2D eigenvalue weighted by Gasteiger charge is 2.33. The van der Waals surface area contributed by atoms with E-state index in [0.717, 1.165) is 24.6 Å². The first-order valence-corrected chi connectivity index (χ1v) is 4.96. The highest BCUT2D eigenvalue weighted by molar-refractivity contribution is 6.31. The van der Waals surface area contributed by atoms with Crippen molar-refractivity contribution < 1.29 is 13.2 Å². The Kier molecular flexibility index (Phi) is 4.10. The minimum absolute atomic E-state index is 0. The Morgan fingerprint density at radius 3 is 2.31 bits per heavy atom. The van der Waals surface area contributed by atoms with E-state index in [-0.39, 0.29) is 23.5 Å². The fraction of sp³-hybridized carbons (Fsp3) is 0.400. The van der Waals surface area contributed by atoms with Gasteiger partial charge in [-0.3, -0.25) is 0 Å². The van der Waals surface area contributed by atoms with Crippen LogP contribution in [0.5, 0.6) is 0 Å². The van der Waals surface area contributed by atoms with Crippen LogP contribution in [0.1, 0.15) is 23.6 Å². The van der Waals surface area contributed by atoms with E-state index in [9.17, 15) is 13.2 Å². The van der Waals surface area contributed by atoms with Crippen LogP contribution in [0.25, 0.3) is 0 Å². The molecule has 1 aromatic carbocycles. The maximum absolute atomic E-state index is 12.4. The summed E-state index contributed by atoms with van der Waals surface area (Å²) in [6.45, 7) is 0.906. The first kappa shape index (κ1) is 13.6. The van der Waals surface area contributed by atoms with E-state index in [1.165, 1.54) is 12.1 Å². The van der Waals surface area contributed by atoms with E-state index in [1.807, 2.05) is 0 Å². The molecular weight excluding hydrogens is 262 g/mol. The molecule has 0 saturated carbocycles. The molecule has 1 fully saturated rings. The van der Waals surface area contributed by atoms with E-state index in [1.54, 1.807) is 0 Å². The van der Waals surface area contributed by atoms with Gasteiger partial charge in [-0.05, 0) is 30.7 Å². The van der Waals surface area contributed by atoms with E-state index in [2.05, 4.69) is 5.32 Å². The van der Waals surface area contributed by atoms with Crippen LogP contribution in [-0.2, 0) is 6.18 Å². The first-order chi connectivity index (χ1) is 6.98. The number of benzene rings is 1. The van der Waals surface area contributed by atoms with Gasteiger partial charge in [0.1, 0.15) is 0 Å². The van der Waals surface area contributed by atoms with Gasteiger partial charge >= 0.3 is 6.18 Å². The smallest absolute Gasteiger partial charge is 0.310 e. The van der Waals surface area contributed by atoms with Crippen LogP contribution in [-0.4, -0.2) is 6.54 Å². The molecule has 0 spiro atoms. The van der Waals surface area contributed by atoms with E-state index in [4.69, 9.17) is 11.6 Å². The molecule has 0 unspecified atom stereocenters. The van der Waals surface area contributed by atoms with Crippen molar-refractivity contribution in [3.05, 3.63) is 34.3 Å². The monoisotopic (exact) mass is 271 g/mol. The third kappa shape index (κ3) is 2.62. The second-order valence-electron chi connectivity index (χ2n) is 3.53. The first-order valence-electron chi connectivity index (χ1n) is 4.58. The van der Waals surface area contributed by atoms with Crippen molar-refractivity contribution in [3.63, 3.8) is 0 Å². The van der Waals surface area contributed by atoms with Gasteiger partial charge in [-0.25, -0.2) is 0 Å². The summed E-state index contributed by atoms with van der Waals surface area (Å²) in [5, 5.41) is 2.88. The van der Waals surface area contributed by atoms with Crippen molar-refractivity contribution in [2.45, 2.75) is 18.6 Å². The summed E-state index contributed by atoms with van der Waals surface area (Å²) in [6.07, 6.45) is -3.43.